The Kier molecular flexibility index (Phi) is 15.8. The highest BCUT2D eigenvalue weighted by Gasteiger charge is 2.32. The van der Waals surface area contributed by atoms with Gasteiger partial charge >= 0.3 is 18.3 Å². The van der Waals surface area contributed by atoms with Gasteiger partial charge in [0.05, 0.1) is 41.4 Å². The number of rotatable bonds is 10. The largest absolute Gasteiger partial charge is 0.481 e. The average Bonchev–Trinajstić information content (AvgIpc) is 3.81. The minimum Gasteiger partial charge on any atom is -0.481 e. The summed E-state index contributed by atoms with van der Waals surface area (Å²) in [4.78, 5) is 60.8. The van der Waals surface area contributed by atoms with Gasteiger partial charge in [-0.25, -0.2) is 20.0 Å². The molecule has 0 radical (unpaired) electrons. The number of carbonyl (C=O) groups excluding carboxylic acids is 3. The van der Waals surface area contributed by atoms with Gasteiger partial charge in [0.15, 0.2) is 0 Å². The number of aromatic amines is 2. The molecule has 4 aromatic rings. The highest BCUT2D eigenvalue weighted by molar-refractivity contribution is 6.06. The van der Waals surface area contributed by atoms with Crippen LogP contribution in [0.1, 0.15) is 59.2 Å². The normalized spacial score (nSPS) is 17.8. The summed E-state index contributed by atoms with van der Waals surface area (Å²) in [7, 11) is 0. The van der Waals surface area contributed by atoms with E-state index in [9.17, 15) is 45.5 Å². The SMILES string of the molecule is Cl.NC(=O)c1cnc2[nH]ccc2c1NN1CCC[C@H](C(=O)CCC(F)(F)F)C1.NC(=O)c1cnc2[nH]ccc2c1NN1CCC[C@H](C(=O)O)C1.NCC(F)(F)F. The summed E-state index contributed by atoms with van der Waals surface area (Å²) in [5, 5.41) is 14.1. The van der Waals surface area contributed by atoms with Crippen molar-refractivity contribution in [3.05, 3.63) is 48.0 Å². The number of carboxylic acids is 1. The van der Waals surface area contributed by atoms with Crippen molar-refractivity contribution in [3.63, 3.8) is 0 Å². The fourth-order valence-electron chi connectivity index (χ4n) is 6.04. The number of pyridine rings is 2. The number of alkyl halides is 6. The van der Waals surface area contributed by atoms with Crippen molar-refractivity contribution in [2.24, 2.45) is 29.0 Å². The number of nitrogens with one attached hydrogen (secondary N) is 4. The first-order chi connectivity index (χ1) is 25.9. The molecule has 6 heterocycles. The zero-order valence-electron chi connectivity index (χ0n) is 29.7. The van der Waals surface area contributed by atoms with Crippen LogP contribution in [0.5, 0.6) is 0 Å². The molecule has 56 heavy (non-hydrogen) atoms. The standard InChI is InChI=1S/C17H20F3N5O2.C14H17N5O3.C2H4F3N.ClH/c18-17(19,20)5-3-13(26)10-2-1-7-25(9-10)24-14-11-4-6-22-16(11)23-8-12(14)15(21)27;15-12(20)10-6-17-13-9(3-4-16-13)11(10)18-19-5-1-2-8(7-19)14(21)22;3-2(4,5)1-6;/h4,6,8,10H,1-3,5,7,9H2,(H2,21,27)(H2,22,23,24);3-4,6,8H,1-2,5,7H2,(H2,15,20)(H,21,22)(H2,16,17,18);1,6H2;1H/t10-;8-;;/m00../s1. The van der Waals surface area contributed by atoms with E-state index in [1.807, 2.05) is 5.01 Å². The van der Waals surface area contributed by atoms with Crippen molar-refractivity contribution >= 4 is 69.4 Å². The number of anilines is 2. The molecule has 0 aromatic carbocycles. The number of aromatic nitrogens is 4. The second-order valence-corrected chi connectivity index (χ2v) is 12.8. The molecule has 308 valence electrons. The maximum Gasteiger partial charge on any atom is 0.400 e. The summed E-state index contributed by atoms with van der Waals surface area (Å²) in [6.45, 7) is 0.712. The molecule has 0 bridgehead atoms. The van der Waals surface area contributed by atoms with Gasteiger partial charge in [0.1, 0.15) is 17.1 Å². The molecule has 11 N–H and O–H groups in total. The number of halogens is 7. The van der Waals surface area contributed by atoms with Gasteiger partial charge < -0.3 is 43.1 Å². The Labute approximate surface area is 321 Å². The Morgan fingerprint density at radius 3 is 1.61 bits per heavy atom. The van der Waals surface area contributed by atoms with E-state index in [1.165, 1.54) is 12.4 Å². The topological polar surface area (TPSA) is 254 Å². The third kappa shape index (κ3) is 12.7. The maximum atomic E-state index is 12.4. The van der Waals surface area contributed by atoms with Gasteiger partial charge in [0, 0.05) is 74.1 Å². The van der Waals surface area contributed by atoms with Crippen LogP contribution in [-0.2, 0) is 9.59 Å². The number of primary amides is 2. The number of nitrogens with zero attached hydrogens (tertiary/aromatic N) is 4. The molecule has 2 fully saturated rings. The number of nitrogens with two attached hydrogens (primary N) is 3. The molecule has 2 aliphatic heterocycles. The molecule has 2 saturated heterocycles. The molecule has 0 aliphatic carbocycles. The van der Waals surface area contributed by atoms with Gasteiger partial charge in [-0.05, 0) is 37.8 Å². The first-order valence-electron chi connectivity index (χ1n) is 17.0. The third-order valence-corrected chi connectivity index (χ3v) is 8.78. The van der Waals surface area contributed by atoms with Crippen molar-refractivity contribution < 1.29 is 50.6 Å². The van der Waals surface area contributed by atoms with E-state index in [0.717, 1.165) is 11.8 Å². The number of hydrazine groups is 2. The van der Waals surface area contributed by atoms with Gasteiger partial charge in [0.2, 0.25) is 0 Å². The van der Waals surface area contributed by atoms with Crippen LogP contribution >= 0.6 is 12.4 Å². The fourth-order valence-corrected chi connectivity index (χ4v) is 6.04. The number of amides is 2. The first-order valence-corrected chi connectivity index (χ1v) is 17.0. The molecule has 2 atom stereocenters. The monoisotopic (exact) mass is 821 g/mol. The molecule has 4 aromatic heterocycles. The Bertz CT molecular complexity index is 1970. The van der Waals surface area contributed by atoms with Crippen LogP contribution in [0.3, 0.4) is 0 Å². The smallest absolute Gasteiger partial charge is 0.400 e. The Morgan fingerprint density at radius 1 is 0.786 bits per heavy atom. The number of aliphatic carboxylic acids is 1. The lowest BCUT2D eigenvalue weighted by molar-refractivity contribution is -0.145. The number of hydrogen-bond donors (Lipinski definition) is 8. The molecule has 23 heteroatoms. The van der Waals surface area contributed by atoms with E-state index in [0.29, 0.717) is 67.0 Å². The van der Waals surface area contributed by atoms with Gasteiger partial charge in [0.25, 0.3) is 11.8 Å². The van der Waals surface area contributed by atoms with Crippen LogP contribution in [0.15, 0.2) is 36.9 Å². The van der Waals surface area contributed by atoms with E-state index in [-0.39, 0.29) is 30.1 Å². The lowest BCUT2D eigenvalue weighted by Gasteiger charge is -2.33. The predicted octanol–water partition coefficient (Wildman–Crippen LogP) is 4.33. The van der Waals surface area contributed by atoms with Gasteiger partial charge in [-0.2, -0.15) is 26.3 Å². The lowest BCUT2D eigenvalue weighted by Crippen LogP contribution is -2.42. The number of ketones is 1. The highest BCUT2D eigenvalue weighted by Crippen LogP contribution is 2.30. The minimum atomic E-state index is -4.34. The van der Waals surface area contributed by atoms with Crippen molar-refractivity contribution in [1.29, 1.82) is 0 Å². The molecule has 6 rings (SSSR count). The summed E-state index contributed by atoms with van der Waals surface area (Å²) < 4.78 is 69.1. The molecule has 16 nitrogen and oxygen atoms in total. The van der Waals surface area contributed by atoms with E-state index in [2.05, 4.69) is 36.5 Å². The van der Waals surface area contributed by atoms with Crippen LogP contribution in [-0.4, -0.2) is 104 Å². The molecule has 0 unspecified atom stereocenters. The summed E-state index contributed by atoms with van der Waals surface area (Å²) in [5.74, 6) is -3.32. The number of piperidine rings is 2. The molecular weight excluding hydrogens is 780 g/mol. The Balaban J connectivity index is 0.000000262. The van der Waals surface area contributed by atoms with Gasteiger partial charge in [-0.15, -0.1) is 12.4 Å². The zero-order valence-corrected chi connectivity index (χ0v) is 30.5. The number of fused-ring (bicyclic) bond motifs is 2. The fraction of sp³-hybridized carbons (Fsp3) is 0.455. The van der Waals surface area contributed by atoms with E-state index in [1.54, 1.807) is 29.5 Å². The summed E-state index contributed by atoms with van der Waals surface area (Å²) in [6, 6.07) is 3.54. The number of carboxylic acid groups (broad SMARTS) is 1. The number of carbonyl (C=O) groups is 4. The van der Waals surface area contributed by atoms with Gasteiger partial charge in [-0.3, -0.25) is 19.2 Å². The second-order valence-electron chi connectivity index (χ2n) is 12.8. The molecule has 2 aliphatic rings. The van der Waals surface area contributed by atoms with E-state index >= 15 is 0 Å². The van der Waals surface area contributed by atoms with E-state index in [4.69, 9.17) is 16.6 Å². The molecule has 0 saturated carbocycles. The molecular formula is C33H42ClF6N11O5. The van der Waals surface area contributed by atoms with Crippen molar-refractivity contribution in [2.75, 3.05) is 43.6 Å². The molecule has 0 spiro atoms. The third-order valence-electron chi connectivity index (χ3n) is 8.78. The van der Waals surface area contributed by atoms with Crippen LogP contribution in [0.4, 0.5) is 37.7 Å². The average molecular weight is 822 g/mol. The van der Waals surface area contributed by atoms with Crippen LogP contribution < -0.4 is 28.1 Å². The number of Topliss-reactive ketones (excluding diaryl/α,β-unsaturated/α-hetero) is 1. The lowest BCUT2D eigenvalue weighted by atomic mass is 9.92. The van der Waals surface area contributed by atoms with Crippen LogP contribution in [0, 0.1) is 11.8 Å². The van der Waals surface area contributed by atoms with Crippen LogP contribution in [0.2, 0.25) is 0 Å². The maximum absolute atomic E-state index is 12.4. The van der Waals surface area contributed by atoms with E-state index < -0.39 is 67.1 Å². The summed E-state index contributed by atoms with van der Waals surface area (Å²) in [5.41, 5.74) is 24.0. The van der Waals surface area contributed by atoms with Crippen LogP contribution in [0.25, 0.3) is 22.1 Å². The number of hydrogen-bond acceptors (Lipinski definition) is 11. The van der Waals surface area contributed by atoms with Crippen molar-refractivity contribution in [2.45, 2.75) is 50.9 Å². The Hall–Kier alpha value is -5.19. The van der Waals surface area contributed by atoms with Crippen molar-refractivity contribution in [3.8, 4) is 0 Å². The first kappa shape index (κ1) is 45.2. The van der Waals surface area contributed by atoms with Gasteiger partial charge in [-0.1, -0.05) is 0 Å². The highest BCUT2D eigenvalue weighted by atomic mass is 35.5. The number of H-pyrrole nitrogens is 2. The minimum absolute atomic E-state index is 0. The summed E-state index contributed by atoms with van der Waals surface area (Å²) >= 11 is 0. The zero-order chi connectivity index (χ0) is 40.5. The second kappa shape index (κ2) is 19.6. The predicted molar refractivity (Wildman–Crippen MR) is 195 cm³/mol. The summed E-state index contributed by atoms with van der Waals surface area (Å²) in [6.07, 6.45) is -1.31. The quantitative estimate of drug-likeness (QED) is 0.104. The van der Waals surface area contributed by atoms with Crippen molar-refractivity contribution in [1.82, 2.24) is 30.0 Å². The molecule has 2 amide bonds. The Morgan fingerprint density at radius 2 is 1.21 bits per heavy atom.